The zero-order valence-electron chi connectivity index (χ0n) is 12.4. The first-order valence-electron chi connectivity index (χ1n) is 6.46. The molecule has 1 heterocycles. The largest absolute Gasteiger partial charge is 0.444 e. The van der Waals surface area contributed by atoms with Crippen molar-refractivity contribution < 1.29 is 14.6 Å². The summed E-state index contributed by atoms with van der Waals surface area (Å²) in [7, 11) is 0. The van der Waals surface area contributed by atoms with E-state index in [4.69, 9.17) is 9.84 Å². The topological polar surface area (TPSA) is 71.5 Å². The second kappa shape index (κ2) is 8.48. The Balaban J connectivity index is 0.00000154. The minimum atomic E-state index is -0.533. The van der Waals surface area contributed by atoms with Gasteiger partial charge in [0.1, 0.15) is 5.60 Å². The molecule has 108 valence electrons. The highest BCUT2D eigenvalue weighted by Crippen LogP contribution is 2.16. The maximum absolute atomic E-state index is 11.6. The van der Waals surface area contributed by atoms with E-state index in [9.17, 15) is 4.79 Å². The summed E-state index contributed by atoms with van der Waals surface area (Å²) in [5.41, 5.74) is 0.859. The fraction of sp³-hybridized carbons (Fsp3) is 0.571. The summed E-state index contributed by atoms with van der Waals surface area (Å²) >= 11 is 0. The molecule has 0 aliphatic rings. The average Bonchev–Trinajstić information content (AvgIpc) is 2.32. The molecule has 0 saturated heterocycles. The van der Waals surface area contributed by atoms with Gasteiger partial charge in [-0.15, -0.1) is 0 Å². The number of aliphatic hydroxyl groups excluding tert-OH is 1. The lowest BCUT2D eigenvalue weighted by atomic mass is 10.2. The van der Waals surface area contributed by atoms with Gasteiger partial charge in [-0.1, -0.05) is 13.8 Å². The van der Waals surface area contributed by atoms with Gasteiger partial charge < -0.3 is 9.84 Å². The van der Waals surface area contributed by atoms with Crippen LogP contribution in [-0.2, 0) is 11.2 Å². The minimum absolute atomic E-state index is 0.00862. The van der Waals surface area contributed by atoms with E-state index >= 15 is 0 Å². The van der Waals surface area contributed by atoms with Crippen LogP contribution in [0.15, 0.2) is 18.5 Å². The van der Waals surface area contributed by atoms with Gasteiger partial charge >= 0.3 is 6.09 Å². The van der Waals surface area contributed by atoms with E-state index in [1.807, 2.05) is 13.8 Å². The predicted octanol–water partition coefficient (Wildman–Crippen LogP) is 2.99. The van der Waals surface area contributed by atoms with Gasteiger partial charge in [0.15, 0.2) is 0 Å². The SMILES string of the molecule is CC.CC(C)(C)OC(=O)Nc1ccncc1CCO. The molecule has 1 amide bonds. The Labute approximate surface area is 115 Å². The van der Waals surface area contributed by atoms with Crippen molar-refractivity contribution in [2.24, 2.45) is 0 Å². The van der Waals surface area contributed by atoms with E-state index in [0.717, 1.165) is 5.56 Å². The van der Waals surface area contributed by atoms with Crippen LogP contribution in [0.2, 0.25) is 0 Å². The fourth-order valence-corrected chi connectivity index (χ4v) is 1.28. The predicted molar refractivity (Wildman–Crippen MR) is 76.2 cm³/mol. The van der Waals surface area contributed by atoms with Crippen LogP contribution >= 0.6 is 0 Å². The molecule has 1 aromatic heterocycles. The molecule has 1 aromatic rings. The maximum Gasteiger partial charge on any atom is 0.412 e. The number of pyridine rings is 1. The average molecular weight is 268 g/mol. The molecule has 5 heteroatoms. The number of ether oxygens (including phenoxy) is 1. The third-order valence-corrected chi connectivity index (χ3v) is 1.92. The van der Waals surface area contributed by atoms with Crippen molar-refractivity contribution in [1.29, 1.82) is 0 Å². The van der Waals surface area contributed by atoms with Gasteiger partial charge in [-0.05, 0) is 38.8 Å². The van der Waals surface area contributed by atoms with Crippen LogP contribution in [0.5, 0.6) is 0 Å². The van der Waals surface area contributed by atoms with Crippen LogP contribution in [0.1, 0.15) is 40.2 Å². The van der Waals surface area contributed by atoms with Gasteiger partial charge in [-0.2, -0.15) is 0 Å². The van der Waals surface area contributed by atoms with Gasteiger partial charge in [0.25, 0.3) is 0 Å². The molecule has 5 nitrogen and oxygen atoms in total. The molecule has 19 heavy (non-hydrogen) atoms. The number of carbonyl (C=O) groups is 1. The molecule has 2 N–H and O–H groups in total. The fourth-order valence-electron chi connectivity index (χ4n) is 1.28. The lowest BCUT2D eigenvalue weighted by Gasteiger charge is -2.20. The van der Waals surface area contributed by atoms with Crippen molar-refractivity contribution in [2.75, 3.05) is 11.9 Å². The van der Waals surface area contributed by atoms with Crippen LogP contribution in [0.4, 0.5) is 10.5 Å². The number of aromatic nitrogens is 1. The smallest absolute Gasteiger partial charge is 0.412 e. The zero-order valence-corrected chi connectivity index (χ0v) is 12.4. The van der Waals surface area contributed by atoms with E-state index in [2.05, 4.69) is 10.3 Å². The quantitative estimate of drug-likeness (QED) is 0.884. The summed E-state index contributed by atoms with van der Waals surface area (Å²) in [4.78, 5) is 15.5. The number of carbonyl (C=O) groups excluding carboxylic acids is 1. The minimum Gasteiger partial charge on any atom is -0.444 e. The first-order valence-corrected chi connectivity index (χ1v) is 6.46. The highest BCUT2D eigenvalue weighted by Gasteiger charge is 2.16. The van der Waals surface area contributed by atoms with Crippen LogP contribution in [0.3, 0.4) is 0 Å². The van der Waals surface area contributed by atoms with Crippen molar-refractivity contribution in [3.8, 4) is 0 Å². The monoisotopic (exact) mass is 268 g/mol. The molecule has 0 aliphatic heterocycles. The number of aliphatic hydroxyl groups is 1. The van der Waals surface area contributed by atoms with E-state index < -0.39 is 11.7 Å². The maximum atomic E-state index is 11.6. The normalized spacial score (nSPS) is 10.2. The Morgan fingerprint density at radius 3 is 2.58 bits per heavy atom. The van der Waals surface area contributed by atoms with E-state index in [1.165, 1.54) is 0 Å². The number of hydrogen-bond donors (Lipinski definition) is 2. The Morgan fingerprint density at radius 2 is 2.05 bits per heavy atom. The van der Waals surface area contributed by atoms with E-state index in [1.54, 1.807) is 39.2 Å². The standard InChI is InChI=1S/C12H18N2O3.C2H6/c1-12(2,3)17-11(16)14-10-4-6-13-8-9(10)5-7-15;1-2/h4,6,8,15H,5,7H2,1-3H3,(H,13,14,16);1-2H3. The molecule has 0 unspecified atom stereocenters. The Morgan fingerprint density at radius 1 is 1.42 bits per heavy atom. The molecule has 0 saturated carbocycles. The van der Waals surface area contributed by atoms with E-state index in [0.29, 0.717) is 12.1 Å². The molecular formula is C14H24N2O3. The highest BCUT2D eigenvalue weighted by molar-refractivity contribution is 5.85. The molecule has 0 bridgehead atoms. The van der Waals surface area contributed by atoms with Gasteiger partial charge in [0.2, 0.25) is 0 Å². The van der Waals surface area contributed by atoms with Crippen molar-refractivity contribution in [3.05, 3.63) is 24.0 Å². The van der Waals surface area contributed by atoms with Crippen LogP contribution in [0.25, 0.3) is 0 Å². The first-order chi connectivity index (χ1) is 8.92. The summed E-state index contributed by atoms with van der Waals surface area (Å²) in [6.07, 6.45) is 3.12. The van der Waals surface area contributed by atoms with Crippen molar-refractivity contribution in [1.82, 2.24) is 4.98 Å². The lowest BCUT2D eigenvalue weighted by molar-refractivity contribution is 0.0635. The number of amides is 1. The highest BCUT2D eigenvalue weighted by atomic mass is 16.6. The number of nitrogens with one attached hydrogen (secondary N) is 1. The van der Waals surface area contributed by atoms with Crippen molar-refractivity contribution in [2.45, 2.75) is 46.6 Å². The second-order valence-electron chi connectivity index (χ2n) is 4.63. The molecule has 0 spiro atoms. The van der Waals surface area contributed by atoms with Gasteiger partial charge in [0, 0.05) is 19.0 Å². The molecular weight excluding hydrogens is 244 g/mol. The molecule has 1 rings (SSSR count). The van der Waals surface area contributed by atoms with Crippen molar-refractivity contribution in [3.63, 3.8) is 0 Å². The number of nitrogens with zero attached hydrogens (tertiary/aromatic N) is 1. The summed E-state index contributed by atoms with van der Waals surface area (Å²) in [5.74, 6) is 0. The molecule has 0 fully saturated rings. The van der Waals surface area contributed by atoms with Gasteiger partial charge in [0.05, 0.1) is 5.69 Å². The number of hydrogen-bond acceptors (Lipinski definition) is 4. The van der Waals surface area contributed by atoms with Crippen LogP contribution < -0.4 is 5.32 Å². The third kappa shape index (κ3) is 7.41. The molecule has 0 aliphatic carbocycles. The summed E-state index contributed by atoms with van der Waals surface area (Å²) in [5, 5.41) is 11.5. The van der Waals surface area contributed by atoms with Gasteiger partial charge in [-0.3, -0.25) is 10.3 Å². The van der Waals surface area contributed by atoms with Crippen LogP contribution in [-0.4, -0.2) is 28.4 Å². The Bertz CT molecular complexity index is 387. The third-order valence-electron chi connectivity index (χ3n) is 1.92. The summed E-state index contributed by atoms with van der Waals surface area (Å²) in [6.45, 7) is 9.41. The van der Waals surface area contributed by atoms with E-state index in [-0.39, 0.29) is 6.61 Å². The molecule has 0 aromatic carbocycles. The van der Waals surface area contributed by atoms with Crippen LogP contribution in [0, 0.1) is 0 Å². The Kier molecular flexibility index (Phi) is 7.75. The summed E-state index contributed by atoms with van der Waals surface area (Å²) in [6, 6.07) is 1.68. The second-order valence-corrected chi connectivity index (χ2v) is 4.63. The van der Waals surface area contributed by atoms with Crippen molar-refractivity contribution >= 4 is 11.8 Å². The summed E-state index contributed by atoms with van der Waals surface area (Å²) < 4.78 is 5.14. The zero-order chi connectivity index (χ0) is 14.9. The Hall–Kier alpha value is -1.62. The molecule has 0 radical (unpaired) electrons. The molecule has 0 atom stereocenters. The lowest BCUT2D eigenvalue weighted by Crippen LogP contribution is -2.27. The number of anilines is 1. The first kappa shape index (κ1) is 17.4. The van der Waals surface area contributed by atoms with Gasteiger partial charge in [-0.25, -0.2) is 4.79 Å². The number of rotatable bonds is 3.